The van der Waals surface area contributed by atoms with E-state index in [1.165, 1.54) is 12.8 Å². The molecule has 1 amide bonds. The van der Waals surface area contributed by atoms with Crippen LogP contribution in [0.5, 0.6) is 0 Å². The van der Waals surface area contributed by atoms with Gasteiger partial charge in [0.05, 0.1) is 11.9 Å². The van der Waals surface area contributed by atoms with Gasteiger partial charge in [-0.3, -0.25) is 19.4 Å². The van der Waals surface area contributed by atoms with E-state index in [-0.39, 0.29) is 5.91 Å². The molecule has 0 spiro atoms. The van der Waals surface area contributed by atoms with Crippen LogP contribution in [0.15, 0.2) is 24.4 Å². The van der Waals surface area contributed by atoms with Gasteiger partial charge < -0.3 is 4.90 Å². The molecule has 0 bridgehead atoms. The second-order valence-corrected chi connectivity index (χ2v) is 7.32. The maximum atomic E-state index is 12.4. The molecule has 27 heavy (non-hydrogen) atoms. The summed E-state index contributed by atoms with van der Waals surface area (Å²) in [7, 11) is 0. The first-order valence-corrected chi connectivity index (χ1v) is 9.93. The lowest BCUT2D eigenvalue weighted by Gasteiger charge is -2.32. The van der Waals surface area contributed by atoms with Gasteiger partial charge in [0.15, 0.2) is 5.69 Å². The molecule has 146 valence electrons. The second-order valence-electron chi connectivity index (χ2n) is 7.32. The summed E-state index contributed by atoms with van der Waals surface area (Å²) in [4.78, 5) is 21.2. The number of aryl methyl sites for hydroxylation is 1. The third-order valence-corrected chi connectivity index (χ3v) is 5.19. The molecule has 2 aromatic heterocycles. The zero-order valence-electron chi connectivity index (χ0n) is 16.6. The summed E-state index contributed by atoms with van der Waals surface area (Å²) in [5.41, 5.74) is 2.63. The number of hydrogen-bond acceptors (Lipinski definition) is 5. The molecule has 7 heteroatoms. The zero-order valence-corrected chi connectivity index (χ0v) is 16.6. The van der Waals surface area contributed by atoms with E-state index in [0.717, 1.165) is 37.6 Å². The van der Waals surface area contributed by atoms with Crippen LogP contribution in [0, 0.1) is 12.8 Å². The van der Waals surface area contributed by atoms with E-state index in [0.29, 0.717) is 24.7 Å². The van der Waals surface area contributed by atoms with Crippen LogP contribution in [0.1, 0.15) is 48.6 Å². The molecule has 3 rings (SSSR count). The number of amides is 1. The number of rotatable bonds is 7. The fraction of sp³-hybridized carbons (Fsp3) is 0.600. The summed E-state index contributed by atoms with van der Waals surface area (Å²) in [5, 5.41) is 8.28. The standard InChI is InChI=1S/C20H30N6O/c1-4-25(5-2)20(27)19-15-26(23-22-19)13-17-9-7-11-24(12-17)14-18-10-6-8-16(3)21-18/h6,8,10,15,17H,4-5,7,9,11-14H2,1-3H3/t17-/m1/s1. The van der Waals surface area contributed by atoms with Gasteiger partial charge in [0.2, 0.25) is 0 Å². The minimum Gasteiger partial charge on any atom is -0.338 e. The first-order chi connectivity index (χ1) is 13.1. The molecule has 0 aromatic carbocycles. The number of likely N-dealkylation sites (tertiary alicyclic amines) is 1. The van der Waals surface area contributed by atoms with Crippen LogP contribution in [0.2, 0.25) is 0 Å². The molecule has 0 N–H and O–H groups in total. The highest BCUT2D eigenvalue weighted by Crippen LogP contribution is 2.20. The van der Waals surface area contributed by atoms with Crippen LogP contribution in [0.4, 0.5) is 0 Å². The van der Waals surface area contributed by atoms with E-state index in [2.05, 4.69) is 32.3 Å². The lowest BCUT2D eigenvalue weighted by Crippen LogP contribution is -2.36. The average Bonchev–Trinajstić information content (AvgIpc) is 3.11. The van der Waals surface area contributed by atoms with Crippen LogP contribution in [-0.4, -0.2) is 61.9 Å². The van der Waals surface area contributed by atoms with E-state index >= 15 is 0 Å². The molecular formula is C20H30N6O. The highest BCUT2D eigenvalue weighted by Gasteiger charge is 2.22. The third-order valence-electron chi connectivity index (χ3n) is 5.19. The van der Waals surface area contributed by atoms with Gasteiger partial charge in [0.1, 0.15) is 0 Å². The molecule has 3 heterocycles. The molecule has 1 saturated heterocycles. The van der Waals surface area contributed by atoms with Crippen LogP contribution < -0.4 is 0 Å². The van der Waals surface area contributed by atoms with Crippen LogP contribution >= 0.6 is 0 Å². The minimum absolute atomic E-state index is 0.0398. The fourth-order valence-electron chi connectivity index (χ4n) is 3.78. The van der Waals surface area contributed by atoms with E-state index in [1.807, 2.05) is 31.5 Å². The number of piperidine rings is 1. The normalized spacial score (nSPS) is 17.8. The molecule has 1 aliphatic heterocycles. The molecule has 1 aliphatic rings. The van der Waals surface area contributed by atoms with Gasteiger partial charge in [-0.05, 0) is 58.2 Å². The maximum Gasteiger partial charge on any atom is 0.276 e. The number of carbonyl (C=O) groups excluding carboxylic acids is 1. The SMILES string of the molecule is CCN(CC)C(=O)c1cn(C[C@@H]2CCCN(Cc3cccc(C)n3)C2)nn1. The highest BCUT2D eigenvalue weighted by molar-refractivity contribution is 5.91. The minimum atomic E-state index is -0.0398. The summed E-state index contributed by atoms with van der Waals surface area (Å²) >= 11 is 0. The second kappa shape index (κ2) is 9.08. The molecule has 2 aromatic rings. The van der Waals surface area contributed by atoms with Crippen molar-refractivity contribution in [3.63, 3.8) is 0 Å². The van der Waals surface area contributed by atoms with Gasteiger partial charge in [-0.25, -0.2) is 0 Å². The Labute approximate surface area is 161 Å². The monoisotopic (exact) mass is 370 g/mol. The largest absolute Gasteiger partial charge is 0.338 e. The van der Waals surface area contributed by atoms with Crippen LogP contribution in [0.3, 0.4) is 0 Å². The van der Waals surface area contributed by atoms with Gasteiger partial charge in [-0.1, -0.05) is 11.3 Å². The third kappa shape index (κ3) is 5.13. The first kappa shape index (κ1) is 19.5. The molecule has 1 atom stereocenters. The Bertz CT molecular complexity index is 754. The van der Waals surface area contributed by atoms with Gasteiger partial charge >= 0.3 is 0 Å². The van der Waals surface area contributed by atoms with Crippen LogP contribution in [-0.2, 0) is 13.1 Å². The van der Waals surface area contributed by atoms with Crippen molar-refractivity contribution in [3.05, 3.63) is 41.5 Å². The summed E-state index contributed by atoms with van der Waals surface area (Å²) in [5.74, 6) is 0.476. The van der Waals surface area contributed by atoms with Crippen molar-refractivity contribution in [2.24, 2.45) is 5.92 Å². The van der Waals surface area contributed by atoms with E-state index in [9.17, 15) is 4.79 Å². The Balaban J connectivity index is 1.57. The van der Waals surface area contributed by atoms with E-state index < -0.39 is 0 Å². The topological polar surface area (TPSA) is 67.2 Å². The smallest absolute Gasteiger partial charge is 0.276 e. The molecule has 0 radical (unpaired) electrons. The van der Waals surface area contributed by atoms with Gasteiger partial charge in [-0.15, -0.1) is 5.10 Å². The number of hydrogen-bond donors (Lipinski definition) is 0. The molecule has 7 nitrogen and oxygen atoms in total. The van der Waals surface area contributed by atoms with Crippen molar-refractivity contribution < 1.29 is 4.79 Å². The highest BCUT2D eigenvalue weighted by atomic mass is 16.2. The lowest BCUT2D eigenvalue weighted by molar-refractivity contribution is 0.0767. The predicted molar refractivity (Wildman–Crippen MR) is 104 cm³/mol. The summed E-state index contributed by atoms with van der Waals surface area (Å²) in [6.45, 7) is 11.2. The van der Waals surface area contributed by atoms with Crippen molar-refractivity contribution in [1.29, 1.82) is 0 Å². The van der Waals surface area contributed by atoms with Crippen molar-refractivity contribution >= 4 is 5.91 Å². The van der Waals surface area contributed by atoms with Crippen LogP contribution in [0.25, 0.3) is 0 Å². The fourth-order valence-corrected chi connectivity index (χ4v) is 3.78. The summed E-state index contributed by atoms with van der Waals surface area (Å²) in [6, 6.07) is 6.20. The van der Waals surface area contributed by atoms with Crippen molar-refractivity contribution in [2.75, 3.05) is 26.2 Å². The van der Waals surface area contributed by atoms with Crippen molar-refractivity contribution in [2.45, 2.75) is 46.7 Å². The summed E-state index contributed by atoms with van der Waals surface area (Å²) in [6.07, 6.45) is 4.15. The molecule has 0 unspecified atom stereocenters. The van der Waals surface area contributed by atoms with Gasteiger partial charge in [0.25, 0.3) is 5.91 Å². The number of aromatic nitrogens is 4. The van der Waals surface area contributed by atoms with Gasteiger partial charge in [-0.2, -0.15) is 0 Å². The zero-order chi connectivity index (χ0) is 19.2. The number of carbonyl (C=O) groups is 1. The lowest BCUT2D eigenvalue weighted by atomic mass is 9.98. The molecule has 0 aliphatic carbocycles. The van der Waals surface area contributed by atoms with Crippen molar-refractivity contribution in [1.82, 2.24) is 29.8 Å². The average molecular weight is 371 g/mol. The Morgan fingerprint density at radius 3 is 2.85 bits per heavy atom. The Morgan fingerprint density at radius 2 is 2.11 bits per heavy atom. The Kier molecular flexibility index (Phi) is 6.55. The quantitative estimate of drug-likeness (QED) is 0.749. The van der Waals surface area contributed by atoms with E-state index in [1.54, 1.807) is 11.1 Å². The molecular weight excluding hydrogens is 340 g/mol. The molecule has 0 saturated carbocycles. The van der Waals surface area contributed by atoms with Crippen molar-refractivity contribution in [3.8, 4) is 0 Å². The maximum absolute atomic E-state index is 12.4. The Hall–Kier alpha value is -2.28. The first-order valence-electron chi connectivity index (χ1n) is 9.93. The molecule has 1 fully saturated rings. The number of nitrogens with zero attached hydrogens (tertiary/aromatic N) is 6. The Morgan fingerprint density at radius 1 is 1.30 bits per heavy atom. The van der Waals surface area contributed by atoms with E-state index in [4.69, 9.17) is 0 Å². The summed E-state index contributed by atoms with van der Waals surface area (Å²) < 4.78 is 1.83. The number of pyridine rings is 1. The van der Waals surface area contributed by atoms with Gasteiger partial charge in [0, 0.05) is 38.4 Å². The predicted octanol–water partition coefficient (Wildman–Crippen LogP) is 2.38.